The van der Waals surface area contributed by atoms with Gasteiger partial charge in [0.15, 0.2) is 17.3 Å². The highest BCUT2D eigenvalue weighted by atomic mass is 16.5. The fourth-order valence-electron chi connectivity index (χ4n) is 2.52. The van der Waals surface area contributed by atoms with E-state index in [0.29, 0.717) is 64.2 Å². The second-order valence-corrected chi connectivity index (χ2v) is 4.87. The van der Waals surface area contributed by atoms with Crippen LogP contribution in [-0.2, 0) is 9.47 Å². The van der Waals surface area contributed by atoms with Crippen molar-refractivity contribution in [2.24, 2.45) is 5.18 Å². The van der Waals surface area contributed by atoms with Crippen LogP contribution < -0.4 is 15.5 Å². The molecule has 0 amide bonds. The largest absolute Gasteiger partial charge is 0.378 e. The van der Waals surface area contributed by atoms with Crippen molar-refractivity contribution in [2.75, 3.05) is 68.1 Å². The Morgan fingerprint density at radius 3 is 1.71 bits per heavy atom. The van der Waals surface area contributed by atoms with Crippen molar-refractivity contribution in [3.8, 4) is 0 Å². The van der Waals surface area contributed by atoms with Crippen LogP contribution in [0.1, 0.15) is 0 Å². The van der Waals surface area contributed by atoms with Gasteiger partial charge in [0.1, 0.15) is 0 Å². The number of nitroso groups, excluding NO2 is 1. The number of anilines is 3. The van der Waals surface area contributed by atoms with Crippen LogP contribution >= 0.6 is 0 Å². The molecule has 9 nitrogen and oxygen atoms in total. The molecule has 3 heterocycles. The van der Waals surface area contributed by atoms with Gasteiger partial charge in [0.25, 0.3) is 0 Å². The first-order valence-electron chi connectivity index (χ1n) is 6.96. The molecule has 2 N–H and O–H groups in total. The average Bonchev–Trinajstić information content (AvgIpc) is 2.55. The number of nitrogens with two attached hydrogens (primary N) is 1. The maximum Gasteiger partial charge on any atom is 0.224 e. The van der Waals surface area contributed by atoms with Gasteiger partial charge in [-0.15, -0.1) is 4.91 Å². The van der Waals surface area contributed by atoms with Crippen molar-refractivity contribution in [3.63, 3.8) is 0 Å². The Kier molecular flexibility index (Phi) is 4.11. The van der Waals surface area contributed by atoms with Gasteiger partial charge in [0.05, 0.1) is 26.4 Å². The second kappa shape index (κ2) is 6.19. The van der Waals surface area contributed by atoms with Gasteiger partial charge in [-0.3, -0.25) is 0 Å². The molecule has 2 saturated heterocycles. The Hall–Kier alpha value is -2.00. The molecule has 0 saturated carbocycles. The van der Waals surface area contributed by atoms with Gasteiger partial charge in [0, 0.05) is 26.2 Å². The van der Waals surface area contributed by atoms with E-state index in [4.69, 9.17) is 15.2 Å². The molecular formula is C12H18N6O3. The molecule has 2 aliphatic rings. The number of nitrogens with zero attached hydrogens (tertiary/aromatic N) is 5. The number of rotatable bonds is 3. The Bertz CT molecular complexity index is 475. The summed E-state index contributed by atoms with van der Waals surface area (Å²) in [6.45, 7) is 4.99. The summed E-state index contributed by atoms with van der Waals surface area (Å²) in [5.74, 6) is 1.12. The summed E-state index contributed by atoms with van der Waals surface area (Å²) >= 11 is 0. The lowest BCUT2D eigenvalue weighted by Gasteiger charge is -2.32. The third kappa shape index (κ3) is 2.88. The van der Waals surface area contributed by atoms with Gasteiger partial charge in [0.2, 0.25) is 5.95 Å². The fourth-order valence-corrected chi connectivity index (χ4v) is 2.52. The summed E-state index contributed by atoms with van der Waals surface area (Å²) in [6.07, 6.45) is 0. The zero-order valence-corrected chi connectivity index (χ0v) is 11.7. The first-order chi connectivity index (χ1) is 10.3. The molecule has 1 aromatic rings. The second-order valence-electron chi connectivity index (χ2n) is 4.87. The topological polar surface area (TPSA) is 106 Å². The molecule has 3 rings (SSSR count). The number of hydrogen-bond acceptors (Lipinski definition) is 9. The predicted molar refractivity (Wildman–Crippen MR) is 78.0 cm³/mol. The van der Waals surface area contributed by atoms with Crippen molar-refractivity contribution < 1.29 is 9.47 Å². The van der Waals surface area contributed by atoms with Crippen LogP contribution in [-0.4, -0.2) is 62.6 Å². The summed E-state index contributed by atoms with van der Waals surface area (Å²) in [6, 6.07) is 0. The Labute approximate surface area is 122 Å². The van der Waals surface area contributed by atoms with Crippen LogP contribution in [0.4, 0.5) is 23.3 Å². The third-order valence-corrected chi connectivity index (χ3v) is 3.58. The van der Waals surface area contributed by atoms with Crippen molar-refractivity contribution in [1.82, 2.24) is 9.97 Å². The van der Waals surface area contributed by atoms with E-state index in [-0.39, 0.29) is 11.6 Å². The van der Waals surface area contributed by atoms with E-state index in [9.17, 15) is 4.91 Å². The van der Waals surface area contributed by atoms with Gasteiger partial charge in [-0.05, 0) is 5.18 Å². The van der Waals surface area contributed by atoms with Gasteiger partial charge in [-0.1, -0.05) is 0 Å². The third-order valence-electron chi connectivity index (χ3n) is 3.58. The lowest BCUT2D eigenvalue weighted by atomic mass is 10.3. The molecule has 0 spiro atoms. The van der Waals surface area contributed by atoms with E-state index < -0.39 is 0 Å². The molecule has 0 bridgehead atoms. The van der Waals surface area contributed by atoms with Crippen molar-refractivity contribution in [3.05, 3.63) is 4.91 Å². The minimum Gasteiger partial charge on any atom is -0.378 e. The number of ether oxygens (including phenoxy) is 2. The molecule has 21 heavy (non-hydrogen) atoms. The lowest BCUT2D eigenvalue weighted by Crippen LogP contribution is -2.39. The van der Waals surface area contributed by atoms with Crippen LogP contribution in [0.25, 0.3) is 0 Å². The molecule has 0 atom stereocenters. The van der Waals surface area contributed by atoms with Gasteiger partial charge in [-0.25, -0.2) is 0 Å². The highest BCUT2D eigenvalue weighted by molar-refractivity contribution is 5.77. The molecule has 9 heteroatoms. The molecule has 2 fully saturated rings. The van der Waals surface area contributed by atoms with Crippen LogP contribution in [0.2, 0.25) is 0 Å². The zero-order chi connectivity index (χ0) is 14.7. The van der Waals surface area contributed by atoms with Gasteiger partial charge in [-0.2, -0.15) is 9.97 Å². The van der Waals surface area contributed by atoms with E-state index in [2.05, 4.69) is 15.1 Å². The summed E-state index contributed by atoms with van der Waals surface area (Å²) in [7, 11) is 0. The monoisotopic (exact) mass is 294 g/mol. The molecule has 1 aromatic heterocycles. The summed E-state index contributed by atoms with van der Waals surface area (Å²) < 4.78 is 10.6. The molecular weight excluding hydrogens is 276 g/mol. The van der Waals surface area contributed by atoms with Crippen LogP contribution in [0.3, 0.4) is 0 Å². The van der Waals surface area contributed by atoms with Gasteiger partial charge < -0.3 is 25.0 Å². The van der Waals surface area contributed by atoms with Crippen LogP contribution in [0.15, 0.2) is 5.18 Å². The minimum atomic E-state index is 0.144. The molecule has 0 unspecified atom stereocenters. The van der Waals surface area contributed by atoms with E-state index >= 15 is 0 Å². The quantitative estimate of drug-likeness (QED) is 0.784. The van der Waals surface area contributed by atoms with Crippen molar-refractivity contribution in [2.45, 2.75) is 0 Å². The summed E-state index contributed by atoms with van der Waals surface area (Å²) in [4.78, 5) is 23.7. The fraction of sp³-hybridized carbons (Fsp3) is 0.667. The van der Waals surface area contributed by atoms with E-state index in [1.807, 2.05) is 9.80 Å². The maximum atomic E-state index is 11.4. The summed E-state index contributed by atoms with van der Waals surface area (Å²) in [5, 5.41) is 3.17. The standard InChI is InChI=1S/C12H18N6O3/c13-12-14-10(17-1-5-20-6-2-17)9(16-19)11(15-12)18-3-7-21-8-4-18/h1-8H2,(H2,13,14,15). The first kappa shape index (κ1) is 14.0. The summed E-state index contributed by atoms with van der Waals surface area (Å²) in [5.41, 5.74) is 6.06. The van der Waals surface area contributed by atoms with E-state index in [0.717, 1.165) is 0 Å². The van der Waals surface area contributed by atoms with Crippen molar-refractivity contribution >= 4 is 23.3 Å². The number of morpholine rings is 2. The van der Waals surface area contributed by atoms with E-state index in [1.165, 1.54) is 0 Å². The smallest absolute Gasteiger partial charge is 0.224 e. The molecule has 2 aliphatic heterocycles. The Morgan fingerprint density at radius 1 is 0.905 bits per heavy atom. The zero-order valence-electron chi connectivity index (χ0n) is 11.7. The maximum absolute atomic E-state index is 11.4. The van der Waals surface area contributed by atoms with Crippen LogP contribution in [0.5, 0.6) is 0 Å². The predicted octanol–water partition coefficient (Wildman–Crippen LogP) is 0.130. The minimum absolute atomic E-state index is 0.144. The average molecular weight is 294 g/mol. The highest BCUT2D eigenvalue weighted by Crippen LogP contribution is 2.36. The van der Waals surface area contributed by atoms with E-state index in [1.54, 1.807) is 0 Å². The molecule has 114 valence electrons. The Morgan fingerprint density at radius 2 is 1.33 bits per heavy atom. The van der Waals surface area contributed by atoms with Crippen molar-refractivity contribution in [1.29, 1.82) is 0 Å². The molecule has 0 aromatic carbocycles. The highest BCUT2D eigenvalue weighted by Gasteiger charge is 2.25. The number of nitrogen functional groups attached to an aromatic ring is 1. The number of hydrogen-bond donors (Lipinski definition) is 1. The van der Waals surface area contributed by atoms with Crippen LogP contribution in [0, 0.1) is 4.91 Å². The molecule has 0 radical (unpaired) electrons. The Balaban J connectivity index is 1.98. The first-order valence-corrected chi connectivity index (χ1v) is 6.96. The normalized spacial score (nSPS) is 19.6. The van der Waals surface area contributed by atoms with Gasteiger partial charge >= 0.3 is 0 Å². The molecule has 0 aliphatic carbocycles. The SMILES string of the molecule is Nc1nc(N2CCOCC2)c(N=O)c(N2CCOCC2)n1. The lowest BCUT2D eigenvalue weighted by molar-refractivity contribution is 0.122. The number of aromatic nitrogens is 2.